The molecule has 0 aliphatic heterocycles. The largest absolute Gasteiger partial charge is 0.478 e. The number of ether oxygens (including phenoxy) is 1. The maximum Gasteiger partial charge on any atom is 0.257 e. The smallest absolute Gasteiger partial charge is 0.257 e. The minimum absolute atomic E-state index is 0.270. The van der Waals surface area contributed by atoms with Crippen LogP contribution in [0.3, 0.4) is 0 Å². The van der Waals surface area contributed by atoms with Crippen molar-refractivity contribution in [2.24, 2.45) is 0 Å². The highest BCUT2D eigenvalue weighted by Gasteiger charge is 2.13. The first-order valence-electron chi connectivity index (χ1n) is 8.20. The number of H-pyrrole nitrogens is 1. The predicted molar refractivity (Wildman–Crippen MR) is 106 cm³/mol. The van der Waals surface area contributed by atoms with Crippen LogP contribution >= 0.6 is 23.6 Å². The van der Waals surface area contributed by atoms with Crippen molar-refractivity contribution in [1.29, 1.82) is 0 Å². The van der Waals surface area contributed by atoms with Gasteiger partial charge in [0.1, 0.15) is 5.82 Å². The van der Waals surface area contributed by atoms with E-state index in [4.69, 9.17) is 17.0 Å². The highest BCUT2D eigenvalue weighted by Crippen LogP contribution is 2.19. The third kappa shape index (κ3) is 4.66. The first-order chi connectivity index (χ1) is 13.1. The van der Waals surface area contributed by atoms with Crippen LogP contribution in [0.25, 0.3) is 0 Å². The van der Waals surface area contributed by atoms with Crippen molar-refractivity contribution in [2.75, 3.05) is 11.9 Å². The number of aromatic nitrogens is 5. The first-order valence-corrected chi connectivity index (χ1v) is 9.49. The maximum atomic E-state index is 12.4. The van der Waals surface area contributed by atoms with Gasteiger partial charge in [0.05, 0.1) is 18.7 Å². The second-order valence-corrected chi connectivity index (χ2v) is 6.68. The molecule has 0 bridgehead atoms. The Morgan fingerprint density at radius 3 is 3.19 bits per heavy atom. The summed E-state index contributed by atoms with van der Waals surface area (Å²) in [5.74, 6) is 0.905. The standard InChI is InChI=1S/C17H18N6O2S2/c1-3-7-23-13(21-22-17(23)26)9-12-10-27-16(19-12)20-15(24)11-5-6-18-14(8-11)25-4-2/h3,5-6,8,10H,1,4,7,9H2,2H3,(H,22,26)(H,19,20,24). The van der Waals surface area contributed by atoms with Gasteiger partial charge in [-0.15, -0.1) is 17.9 Å². The minimum Gasteiger partial charge on any atom is -0.478 e. The zero-order valence-electron chi connectivity index (χ0n) is 14.6. The molecule has 0 aliphatic carbocycles. The Bertz CT molecular complexity index is 1010. The second-order valence-electron chi connectivity index (χ2n) is 5.43. The molecular formula is C17H18N6O2S2. The van der Waals surface area contributed by atoms with Gasteiger partial charge in [-0.1, -0.05) is 6.08 Å². The first kappa shape index (κ1) is 18.9. The number of hydrogen-bond acceptors (Lipinski definition) is 7. The van der Waals surface area contributed by atoms with E-state index in [-0.39, 0.29) is 5.91 Å². The Morgan fingerprint density at radius 2 is 2.41 bits per heavy atom. The molecule has 0 unspecified atom stereocenters. The SMILES string of the molecule is C=CCn1c(Cc2csc(NC(=O)c3ccnc(OCC)c3)n2)n[nH]c1=S. The van der Waals surface area contributed by atoms with Crippen molar-refractivity contribution in [3.05, 3.63) is 58.2 Å². The molecule has 0 aliphatic rings. The molecule has 140 valence electrons. The number of hydrogen-bond donors (Lipinski definition) is 2. The molecule has 10 heteroatoms. The zero-order valence-corrected chi connectivity index (χ0v) is 16.3. The number of anilines is 1. The third-order valence-corrected chi connectivity index (χ3v) is 4.67. The fraction of sp³-hybridized carbons (Fsp3) is 0.235. The molecule has 3 aromatic rings. The van der Waals surface area contributed by atoms with Crippen LogP contribution in [0.2, 0.25) is 0 Å². The van der Waals surface area contributed by atoms with E-state index in [1.54, 1.807) is 18.2 Å². The molecule has 0 fully saturated rings. The van der Waals surface area contributed by atoms with E-state index in [2.05, 4.69) is 32.1 Å². The lowest BCUT2D eigenvalue weighted by Gasteiger charge is -2.05. The van der Waals surface area contributed by atoms with E-state index < -0.39 is 0 Å². The summed E-state index contributed by atoms with van der Waals surface area (Å²) >= 11 is 6.56. The zero-order chi connectivity index (χ0) is 19.2. The summed E-state index contributed by atoms with van der Waals surface area (Å²) in [5, 5.41) is 12.2. The summed E-state index contributed by atoms with van der Waals surface area (Å²) in [7, 11) is 0. The average molecular weight is 403 g/mol. The van der Waals surface area contributed by atoms with Crippen LogP contribution in [0.4, 0.5) is 5.13 Å². The number of rotatable bonds is 8. The van der Waals surface area contributed by atoms with Gasteiger partial charge in [-0.05, 0) is 25.2 Å². The second kappa shape index (κ2) is 8.69. The number of thiazole rings is 1. The summed E-state index contributed by atoms with van der Waals surface area (Å²) in [5.41, 5.74) is 1.25. The fourth-order valence-electron chi connectivity index (χ4n) is 2.36. The Morgan fingerprint density at radius 1 is 1.56 bits per heavy atom. The van der Waals surface area contributed by atoms with E-state index in [0.29, 0.717) is 40.9 Å². The van der Waals surface area contributed by atoms with Crippen molar-refractivity contribution in [2.45, 2.75) is 19.9 Å². The quantitative estimate of drug-likeness (QED) is 0.443. The maximum absolute atomic E-state index is 12.4. The molecule has 0 spiro atoms. The molecule has 0 saturated carbocycles. The number of nitrogens with one attached hydrogen (secondary N) is 2. The van der Waals surface area contributed by atoms with Gasteiger partial charge >= 0.3 is 0 Å². The molecule has 0 radical (unpaired) electrons. The molecule has 1 amide bonds. The lowest BCUT2D eigenvalue weighted by Crippen LogP contribution is -2.12. The molecule has 0 aromatic carbocycles. The Kier molecular flexibility index (Phi) is 6.09. The molecule has 3 aromatic heterocycles. The molecular weight excluding hydrogens is 384 g/mol. The van der Waals surface area contributed by atoms with Crippen molar-refractivity contribution in [3.8, 4) is 5.88 Å². The van der Waals surface area contributed by atoms with Gasteiger partial charge in [-0.2, -0.15) is 5.10 Å². The highest BCUT2D eigenvalue weighted by atomic mass is 32.1. The lowest BCUT2D eigenvalue weighted by atomic mass is 10.2. The van der Waals surface area contributed by atoms with Crippen LogP contribution in [0.15, 0.2) is 36.4 Å². The topological polar surface area (TPSA) is 97.7 Å². The summed E-state index contributed by atoms with van der Waals surface area (Å²) in [6.45, 7) is 6.64. The Hall–Kier alpha value is -2.85. The number of amides is 1. The van der Waals surface area contributed by atoms with E-state index in [1.165, 1.54) is 17.5 Å². The van der Waals surface area contributed by atoms with Gasteiger partial charge in [0.15, 0.2) is 9.90 Å². The predicted octanol–water partition coefficient (Wildman–Crippen LogP) is 3.22. The highest BCUT2D eigenvalue weighted by molar-refractivity contribution is 7.71. The van der Waals surface area contributed by atoms with Crippen LogP contribution in [-0.2, 0) is 13.0 Å². The average Bonchev–Trinajstić information content (AvgIpc) is 3.24. The summed E-state index contributed by atoms with van der Waals surface area (Å²) in [6.07, 6.45) is 3.79. The van der Waals surface area contributed by atoms with Gasteiger partial charge in [0, 0.05) is 29.8 Å². The molecule has 0 atom stereocenters. The van der Waals surface area contributed by atoms with Crippen molar-refractivity contribution >= 4 is 34.6 Å². The van der Waals surface area contributed by atoms with Gasteiger partial charge in [-0.3, -0.25) is 19.8 Å². The van der Waals surface area contributed by atoms with Crippen molar-refractivity contribution in [3.63, 3.8) is 0 Å². The van der Waals surface area contributed by atoms with Crippen LogP contribution in [0.1, 0.15) is 28.8 Å². The Labute approximate surface area is 165 Å². The molecule has 3 heterocycles. The third-order valence-electron chi connectivity index (χ3n) is 3.55. The number of allylic oxidation sites excluding steroid dienone is 1. The van der Waals surface area contributed by atoms with E-state index in [9.17, 15) is 4.79 Å². The normalized spacial score (nSPS) is 10.6. The Balaban J connectivity index is 1.69. The summed E-state index contributed by atoms with van der Waals surface area (Å²) in [4.78, 5) is 20.9. The fourth-order valence-corrected chi connectivity index (χ4v) is 3.29. The summed E-state index contributed by atoms with van der Waals surface area (Å²) < 4.78 is 7.71. The number of carbonyl (C=O) groups excluding carboxylic acids is 1. The van der Waals surface area contributed by atoms with E-state index in [0.717, 1.165) is 11.5 Å². The number of carbonyl (C=O) groups is 1. The monoisotopic (exact) mass is 402 g/mol. The molecule has 0 saturated heterocycles. The van der Waals surface area contributed by atoms with Gasteiger partial charge in [0.2, 0.25) is 5.88 Å². The van der Waals surface area contributed by atoms with E-state index in [1.807, 2.05) is 16.9 Å². The van der Waals surface area contributed by atoms with Gasteiger partial charge < -0.3 is 4.74 Å². The lowest BCUT2D eigenvalue weighted by molar-refractivity contribution is 0.102. The van der Waals surface area contributed by atoms with Crippen LogP contribution < -0.4 is 10.1 Å². The molecule has 27 heavy (non-hydrogen) atoms. The molecule has 2 N–H and O–H groups in total. The van der Waals surface area contributed by atoms with Crippen LogP contribution in [0.5, 0.6) is 5.88 Å². The number of pyridine rings is 1. The van der Waals surface area contributed by atoms with Gasteiger partial charge in [0.25, 0.3) is 5.91 Å². The van der Waals surface area contributed by atoms with E-state index >= 15 is 0 Å². The van der Waals surface area contributed by atoms with Crippen molar-refractivity contribution in [1.82, 2.24) is 24.7 Å². The summed E-state index contributed by atoms with van der Waals surface area (Å²) in [6, 6.07) is 3.22. The van der Waals surface area contributed by atoms with Crippen molar-refractivity contribution < 1.29 is 9.53 Å². The number of nitrogens with zero attached hydrogens (tertiary/aromatic N) is 4. The van der Waals surface area contributed by atoms with Crippen LogP contribution in [0, 0.1) is 4.77 Å². The molecule has 8 nitrogen and oxygen atoms in total. The molecule has 3 rings (SSSR count). The number of aromatic amines is 1. The minimum atomic E-state index is -0.270. The van der Waals surface area contributed by atoms with Gasteiger partial charge in [-0.25, -0.2) is 9.97 Å². The van der Waals surface area contributed by atoms with Crippen LogP contribution in [-0.4, -0.2) is 37.2 Å².